The Balaban J connectivity index is 1.54. The lowest BCUT2D eigenvalue weighted by Crippen LogP contribution is -2.44. The molecule has 146 valence electrons. The van der Waals surface area contributed by atoms with Crippen LogP contribution in [0.1, 0.15) is 6.92 Å². The van der Waals surface area contributed by atoms with E-state index in [0.717, 1.165) is 0 Å². The zero-order valence-corrected chi connectivity index (χ0v) is 15.3. The van der Waals surface area contributed by atoms with E-state index < -0.39 is 18.5 Å². The minimum Gasteiger partial charge on any atom is -0.490 e. The first-order chi connectivity index (χ1) is 13.6. The summed E-state index contributed by atoms with van der Waals surface area (Å²) in [7, 11) is 0. The van der Waals surface area contributed by atoms with Crippen molar-refractivity contribution < 1.29 is 28.6 Å². The van der Waals surface area contributed by atoms with Gasteiger partial charge in [0.2, 0.25) is 5.91 Å². The number of rotatable bonds is 7. The largest absolute Gasteiger partial charge is 0.490 e. The molecule has 1 aliphatic heterocycles. The highest BCUT2D eigenvalue weighted by molar-refractivity contribution is 6.10. The zero-order valence-electron chi connectivity index (χ0n) is 15.3. The Hall–Kier alpha value is -3.55. The van der Waals surface area contributed by atoms with Gasteiger partial charge in [-0.2, -0.15) is 0 Å². The maximum Gasteiger partial charge on any atom is 0.344 e. The average molecular weight is 384 g/mol. The first-order valence-corrected chi connectivity index (χ1v) is 8.78. The van der Waals surface area contributed by atoms with Crippen molar-refractivity contribution >= 4 is 29.2 Å². The van der Waals surface area contributed by atoms with Crippen molar-refractivity contribution in [2.75, 3.05) is 36.6 Å². The maximum absolute atomic E-state index is 12.4. The molecule has 0 saturated heterocycles. The predicted molar refractivity (Wildman–Crippen MR) is 101 cm³/mol. The van der Waals surface area contributed by atoms with Gasteiger partial charge in [0.15, 0.2) is 24.7 Å². The third kappa shape index (κ3) is 4.59. The minimum absolute atomic E-state index is 0.133. The van der Waals surface area contributed by atoms with Crippen LogP contribution in [0.15, 0.2) is 48.5 Å². The van der Waals surface area contributed by atoms with Gasteiger partial charge >= 0.3 is 5.97 Å². The number of hydrogen-bond donors (Lipinski definition) is 1. The molecule has 3 rings (SSSR count). The molecule has 0 spiro atoms. The zero-order chi connectivity index (χ0) is 19.9. The fraction of sp³-hybridized carbons (Fsp3) is 0.250. The van der Waals surface area contributed by atoms with Gasteiger partial charge < -0.3 is 19.5 Å². The molecular formula is C20H20N2O6. The monoisotopic (exact) mass is 384 g/mol. The minimum atomic E-state index is -0.700. The van der Waals surface area contributed by atoms with Crippen LogP contribution in [0.3, 0.4) is 0 Å². The van der Waals surface area contributed by atoms with Crippen molar-refractivity contribution in [2.45, 2.75) is 6.92 Å². The molecule has 28 heavy (non-hydrogen) atoms. The fourth-order valence-electron chi connectivity index (χ4n) is 2.70. The van der Waals surface area contributed by atoms with Crippen molar-refractivity contribution in [3.05, 3.63) is 48.5 Å². The molecule has 0 unspecified atom stereocenters. The van der Waals surface area contributed by atoms with Gasteiger partial charge in [-0.15, -0.1) is 0 Å². The second-order valence-corrected chi connectivity index (χ2v) is 5.87. The summed E-state index contributed by atoms with van der Waals surface area (Å²) in [5.74, 6) is -0.576. The van der Waals surface area contributed by atoms with Gasteiger partial charge in [0.1, 0.15) is 6.54 Å². The average Bonchev–Trinajstić information content (AvgIpc) is 2.71. The Morgan fingerprint density at radius 3 is 2.43 bits per heavy atom. The molecule has 8 heteroatoms. The van der Waals surface area contributed by atoms with Gasteiger partial charge in [-0.05, 0) is 31.2 Å². The lowest BCUT2D eigenvalue weighted by molar-refractivity contribution is -0.149. The Morgan fingerprint density at radius 2 is 1.68 bits per heavy atom. The number of carbonyl (C=O) groups is 3. The van der Waals surface area contributed by atoms with E-state index in [1.807, 2.05) is 6.92 Å². The first-order valence-electron chi connectivity index (χ1n) is 8.78. The van der Waals surface area contributed by atoms with Crippen LogP contribution < -0.4 is 19.7 Å². The molecule has 8 nitrogen and oxygen atoms in total. The number of hydrogen-bond acceptors (Lipinski definition) is 6. The van der Waals surface area contributed by atoms with Gasteiger partial charge in [-0.25, -0.2) is 4.79 Å². The number of anilines is 2. The quantitative estimate of drug-likeness (QED) is 0.734. The highest BCUT2D eigenvalue weighted by Gasteiger charge is 2.27. The lowest BCUT2D eigenvalue weighted by atomic mass is 10.2. The van der Waals surface area contributed by atoms with E-state index in [-0.39, 0.29) is 19.1 Å². The third-order valence-electron chi connectivity index (χ3n) is 3.92. The first kappa shape index (κ1) is 19.2. The van der Waals surface area contributed by atoms with E-state index in [4.69, 9.17) is 14.2 Å². The summed E-state index contributed by atoms with van der Waals surface area (Å²) >= 11 is 0. The third-order valence-corrected chi connectivity index (χ3v) is 3.92. The van der Waals surface area contributed by atoms with Crippen molar-refractivity contribution in [3.8, 4) is 11.5 Å². The molecule has 2 aromatic rings. The van der Waals surface area contributed by atoms with Gasteiger partial charge in [0.25, 0.3) is 5.91 Å². The molecule has 1 heterocycles. The van der Waals surface area contributed by atoms with E-state index in [0.29, 0.717) is 29.5 Å². The summed E-state index contributed by atoms with van der Waals surface area (Å²) in [6, 6.07) is 13.9. The van der Waals surface area contributed by atoms with Crippen molar-refractivity contribution in [2.24, 2.45) is 0 Å². The number of benzene rings is 2. The van der Waals surface area contributed by atoms with Gasteiger partial charge in [-0.1, -0.05) is 24.3 Å². The molecule has 1 N–H and O–H groups in total. The molecule has 0 aliphatic carbocycles. The van der Waals surface area contributed by atoms with Crippen molar-refractivity contribution in [1.29, 1.82) is 0 Å². The summed E-state index contributed by atoms with van der Waals surface area (Å²) in [4.78, 5) is 37.4. The van der Waals surface area contributed by atoms with Gasteiger partial charge in [-0.3, -0.25) is 14.5 Å². The number of carbonyl (C=O) groups excluding carboxylic acids is 3. The molecule has 0 aromatic heterocycles. The molecule has 0 radical (unpaired) electrons. The molecular weight excluding hydrogens is 364 g/mol. The second-order valence-electron chi connectivity index (χ2n) is 5.87. The molecule has 0 saturated carbocycles. The number of amides is 2. The smallest absolute Gasteiger partial charge is 0.344 e. The van der Waals surface area contributed by atoms with E-state index in [9.17, 15) is 14.4 Å². The van der Waals surface area contributed by atoms with Crippen molar-refractivity contribution in [3.63, 3.8) is 0 Å². The van der Waals surface area contributed by atoms with E-state index in [1.165, 1.54) is 4.90 Å². The van der Waals surface area contributed by atoms with Crippen molar-refractivity contribution in [1.82, 2.24) is 0 Å². The molecule has 1 aliphatic rings. The van der Waals surface area contributed by atoms with Crippen LogP contribution in [-0.4, -0.2) is 44.1 Å². The summed E-state index contributed by atoms with van der Waals surface area (Å²) in [5.41, 5.74) is 1.10. The van der Waals surface area contributed by atoms with Crippen LogP contribution in [0.4, 0.5) is 11.4 Å². The highest BCUT2D eigenvalue weighted by atomic mass is 16.6. The van der Waals surface area contributed by atoms with Crippen LogP contribution in [0.2, 0.25) is 0 Å². The Labute approximate surface area is 162 Å². The van der Waals surface area contributed by atoms with Crippen LogP contribution in [0.5, 0.6) is 11.5 Å². The topological polar surface area (TPSA) is 94.2 Å². The molecule has 0 fully saturated rings. The fourth-order valence-corrected chi connectivity index (χ4v) is 2.70. The normalized spacial score (nSPS) is 12.6. The van der Waals surface area contributed by atoms with Crippen LogP contribution >= 0.6 is 0 Å². The summed E-state index contributed by atoms with van der Waals surface area (Å²) in [5, 5.41) is 2.69. The van der Waals surface area contributed by atoms with Crippen LogP contribution in [0.25, 0.3) is 0 Å². The predicted octanol–water partition coefficient (Wildman–Crippen LogP) is 1.99. The van der Waals surface area contributed by atoms with Crippen LogP contribution in [0, 0.1) is 0 Å². The summed E-state index contributed by atoms with van der Waals surface area (Å²) in [6.07, 6.45) is 0. The number of para-hydroxylation sites is 4. The number of fused-ring (bicyclic) bond motifs is 1. The van der Waals surface area contributed by atoms with Gasteiger partial charge in [0.05, 0.1) is 18.0 Å². The van der Waals surface area contributed by atoms with E-state index in [1.54, 1.807) is 48.5 Å². The standard InChI is InChI=1S/C20H20N2O6/c1-2-26-16-9-5-6-10-17(16)27-13-20(25)28-12-19(24)22-11-18(23)21-14-7-3-4-8-15(14)22/h3-10H,2,11-13H2,1H3,(H,21,23). The second kappa shape index (κ2) is 8.90. The highest BCUT2D eigenvalue weighted by Crippen LogP contribution is 2.29. The molecule has 2 amide bonds. The van der Waals surface area contributed by atoms with E-state index in [2.05, 4.69) is 5.32 Å². The molecule has 0 atom stereocenters. The van der Waals surface area contributed by atoms with Gasteiger partial charge in [0, 0.05) is 0 Å². The summed E-state index contributed by atoms with van der Waals surface area (Å²) in [6.45, 7) is 1.32. The molecule has 0 bridgehead atoms. The lowest BCUT2D eigenvalue weighted by Gasteiger charge is -2.28. The number of ether oxygens (including phenoxy) is 3. The summed E-state index contributed by atoms with van der Waals surface area (Å²) < 4.78 is 15.8. The van der Waals surface area contributed by atoms with Crippen LogP contribution in [-0.2, 0) is 19.1 Å². The number of nitrogens with one attached hydrogen (secondary N) is 1. The maximum atomic E-state index is 12.4. The SMILES string of the molecule is CCOc1ccccc1OCC(=O)OCC(=O)N1CC(=O)Nc2ccccc21. The number of esters is 1. The Kier molecular flexibility index (Phi) is 6.11. The number of nitrogens with zero attached hydrogens (tertiary/aromatic N) is 1. The Bertz CT molecular complexity index is 883. The van der Waals surface area contributed by atoms with E-state index >= 15 is 0 Å². The Morgan fingerprint density at radius 1 is 1.00 bits per heavy atom. The molecule has 2 aromatic carbocycles.